The molecule has 1 aromatic carbocycles. The Morgan fingerprint density at radius 3 is 2.48 bits per heavy atom. The lowest BCUT2D eigenvalue weighted by atomic mass is 9.86. The van der Waals surface area contributed by atoms with E-state index in [1.54, 1.807) is 43.5 Å². The lowest BCUT2D eigenvalue weighted by Gasteiger charge is -2.30. The number of pyridine rings is 3. The van der Waals surface area contributed by atoms with Gasteiger partial charge in [0, 0.05) is 23.9 Å². The van der Waals surface area contributed by atoms with Gasteiger partial charge in [-0.3, -0.25) is 24.6 Å². The maximum atomic E-state index is 13.9. The Bertz CT molecular complexity index is 1880. The number of aryl methyl sites for hydroxylation is 1. The van der Waals surface area contributed by atoms with Crippen LogP contribution < -0.4 is 4.90 Å². The quantitative estimate of drug-likeness (QED) is 0.195. The Kier molecular flexibility index (Phi) is 8.63. The fourth-order valence-corrected chi connectivity index (χ4v) is 5.78. The summed E-state index contributed by atoms with van der Waals surface area (Å²) in [6.07, 6.45) is 0.271. The third-order valence-corrected chi connectivity index (χ3v) is 8.21. The summed E-state index contributed by atoms with van der Waals surface area (Å²) in [5, 5.41) is 17.9. The van der Waals surface area contributed by atoms with E-state index in [9.17, 15) is 27.9 Å². The van der Waals surface area contributed by atoms with Crippen molar-refractivity contribution < 1.29 is 27.9 Å². The molecule has 2 N–H and O–H groups in total. The van der Waals surface area contributed by atoms with Gasteiger partial charge in [-0.1, -0.05) is 30.3 Å². The number of aliphatic hydroxyl groups excluding tert-OH is 1. The molecular weight excluding hydrogens is 597 g/mol. The Labute approximate surface area is 262 Å². The van der Waals surface area contributed by atoms with E-state index in [0.717, 1.165) is 22.5 Å². The molecule has 9 nitrogen and oxygen atoms in total. The standard InChI is InChI=1S/C34H31F3N6O3/c1-20-14-28(40-30(15-20)34(35,36)37)26-6-3-7-31(41-26)43(33(46)22-9-11-25(44)12-10-22)19-21-8-13-27(38-17-21)29(45)16-23-4-2-5-24-18-39-42-32(23)24/h2-8,13-15,17-18,22,25,44H,9-12,16,19H2,1H3,(H,39,42). The first-order valence-corrected chi connectivity index (χ1v) is 15.0. The largest absolute Gasteiger partial charge is 0.433 e. The molecule has 0 aliphatic heterocycles. The van der Waals surface area contributed by atoms with Crippen LogP contribution in [0, 0.1) is 12.8 Å². The number of para-hydroxylation sites is 1. The Morgan fingerprint density at radius 2 is 1.74 bits per heavy atom. The second-order valence-corrected chi connectivity index (χ2v) is 11.6. The molecule has 0 atom stereocenters. The Hall–Kier alpha value is -4.97. The number of H-pyrrole nitrogens is 1. The molecule has 5 aromatic rings. The summed E-state index contributed by atoms with van der Waals surface area (Å²) in [6.45, 7) is 1.62. The van der Waals surface area contributed by atoms with Gasteiger partial charge in [0.15, 0.2) is 5.78 Å². The van der Waals surface area contributed by atoms with Crippen molar-refractivity contribution >= 4 is 28.4 Å². The molecule has 0 spiro atoms. The smallest absolute Gasteiger partial charge is 0.393 e. The molecule has 0 radical (unpaired) electrons. The minimum absolute atomic E-state index is 0.0396. The fourth-order valence-electron chi connectivity index (χ4n) is 5.78. The van der Waals surface area contributed by atoms with Crippen LogP contribution in [0.2, 0.25) is 0 Å². The predicted octanol–water partition coefficient (Wildman–Crippen LogP) is 6.25. The molecule has 0 unspecified atom stereocenters. The number of carbonyl (C=O) groups excluding carboxylic acids is 2. The number of aromatic amines is 1. The summed E-state index contributed by atoms with van der Waals surface area (Å²) in [4.78, 5) is 41.3. The number of halogens is 3. The van der Waals surface area contributed by atoms with Gasteiger partial charge in [0.2, 0.25) is 5.91 Å². The number of aliphatic hydroxyl groups is 1. The van der Waals surface area contributed by atoms with Crippen LogP contribution in [0.5, 0.6) is 0 Å². The molecule has 1 saturated carbocycles. The van der Waals surface area contributed by atoms with E-state index >= 15 is 0 Å². The van der Waals surface area contributed by atoms with Gasteiger partial charge in [0.05, 0.1) is 35.8 Å². The summed E-state index contributed by atoms with van der Waals surface area (Å²) in [6, 6.07) is 16.3. The van der Waals surface area contributed by atoms with Gasteiger partial charge < -0.3 is 5.11 Å². The molecule has 0 bridgehead atoms. The van der Waals surface area contributed by atoms with Gasteiger partial charge in [0.1, 0.15) is 17.2 Å². The molecule has 1 aliphatic rings. The number of alkyl halides is 3. The zero-order valence-corrected chi connectivity index (χ0v) is 25.0. The minimum Gasteiger partial charge on any atom is -0.393 e. The third kappa shape index (κ3) is 6.81. The van der Waals surface area contributed by atoms with Crippen LogP contribution in [0.4, 0.5) is 19.0 Å². The van der Waals surface area contributed by atoms with Crippen LogP contribution in [0.1, 0.15) is 58.6 Å². The molecule has 6 rings (SSSR count). The summed E-state index contributed by atoms with van der Waals surface area (Å²) in [7, 11) is 0. The SMILES string of the molecule is Cc1cc(-c2cccc(N(Cc3ccc(C(=O)Cc4cccc5cn[nH]c45)nc3)C(=O)C3CCC(O)CC3)n2)nc(C(F)(F)F)c1. The average molecular weight is 629 g/mol. The second-order valence-electron chi connectivity index (χ2n) is 11.6. The number of Topliss-reactive ketones (excluding diaryl/α,β-unsaturated/α-hetero) is 1. The maximum absolute atomic E-state index is 13.9. The van der Waals surface area contributed by atoms with E-state index in [-0.39, 0.29) is 53.5 Å². The molecular formula is C34H31F3N6O3. The van der Waals surface area contributed by atoms with Crippen LogP contribution >= 0.6 is 0 Å². The average Bonchev–Trinajstić information content (AvgIpc) is 3.53. The number of hydrogen-bond acceptors (Lipinski definition) is 7. The molecule has 1 amide bonds. The highest BCUT2D eigenvalue weighted by Gasteiger charge is 2.34. The molecule has 0 saturated heterocycles. The summed E-state index contributed by atoms with van der Waals surface area (Å²) in [5.74, 6) is -0.502. The fraction of sp³-hybridized carbons (Fsp3) is 0.294. The minimum atomic E-state index is -4.63. The van der Waals surface area contributed by atoms with Gasteiger partial charge in [-0.2, -0.15) is 18.3 Å². The molecule has 46 heavy (non-hydrogen) atoms. The number of carbonyl (C=O) groups is 2. The number of benzene rings is 1. The summed E-state index contributed by atoms with van der Waals surface area (Å²) in [5.41, 5.74) is 2.08. The van der Waals surface area contributed by atoms with Gasteiger partial charge in [-0.15, -0.1) is 0 Å². The number of nitrogens with one attached hydrogen (secondary N) is 1. The molecule has 1 aliphatic carbocycles. The maximum Gasteiger partial charge on any atom is 0.433 e. The van der Waals surface area contributed by atoms with Crippen molar-refractivity contribution in [2.45, 2.75) is 57.9 Å². The van der Waals surface area contributed by atoms with E-state index in [1.165, 1.54) is 17.2 Å². The number of hydrogen-bond donors (Lipinski definition) is 2. The van der Waals surface area contributed by atoms with Crippen molar-refractivity contribution in [2.75, 3.05) is 4.90 Å². The van der Waals surface area contributed by atoms with Crippen LogP contribution in [-0.2, 0) is 23.9 Å². The van der Waals surface area contributed by atoms with Gasteiger partial charge in [0.25, 0.3) is 0 Å². The van der Waals surface area contributed by atoms with E-state index < -0.39 is 18.0 Å². The highest BCUT2D eigenvalue weighted by atomic mass is 19.4. The summed E-state index contributed by atoms with van der Waals surface area (Å²) >= 11 is 0. The molecule has 12 heteroatoms. The monoisotopic (exact) mass is 628 g/mol. The van der Waals surface area contributed by atoms with Gasteiger partial charge in [-0.05, 0) is 79.6 Å². The molecule has 4 heterocycles. The van der Waals surface area contributed by atoms with Crippen molar-refractivity contribution in [1.29, 1.82) is 0 Å². The zero-order valence-electron chi connectivity index (χ0n) is 25.0. The third-order valence-electron chi connectivity index (χ3n) is 8.21. The van der Waals surface area contributed by atoms with Crippen molar-refractivity contribution in [2.24, 2.45) is 5.92 Å². The molecule has 4 aromatic heterocycles. The first-order valence-electron chi connectivity index (χ1n) is 15.0. The Morgan fingerprint density at radius 1 is 0.957 bits per heavy atom. The van der Waals surface area contributed by atoms with Gasteiger partial charge >= 0.3 is 6.18 Å². The van der Waals surface area contributed by atoms with Crippen LogP contribution in [-0.4, -0.2) is 48.1 Å². The second kappa shape index (κ2) is 12.8. The number of anilines is 1. The number of aromatic nitrogens is 5. The first kappa shape index (κ1) is 31.0. The highest BCUT2D eigenvalue weighted by molar-refractivity contribution is 5.98. The molecule has 1 fully saturated rings. The lowest BCUT2D eigenvalue weighted by molar-refractivity contribution is -0.141. The predicted molar refractivity (Wildman–Crippen MR) is 165 cm³/mol. The topological polar surface area (TPSA) is 125 Å². The van der Waals surface area contributed by atoms with E-state index in [2.05, 4.69) is 25.1 Å². The number of nitrogens with zero attached hydrogens (tertiary/aromatic N) is 5. The number of ketones is 1. The normalized spacial score (nSPS) is 16.8. The van der Waals surface area contributed by atoms with E-state index in [4.69, 9.17) is 0 Å². The van der Waals surface area contributed by atoms with Gasteiger partial charge in [-0.25, -0.2) is 9.97 Å². The van der Waals surface area contributed by atoms with Crippen molar-refractivity contribution in [3.8, 4) is 11.4 Å². The zero-order chi connectivity index (χ0) is 32.4. The van der Waals surface area contributed by atoms with Crippen molar-refractivity contribution in [3.63, 3.8) is 0 Å². The highest BCUT2D eigenvalue weighted by Crippen LogP contribution is 2.32. The number of fused-ring (bicyclic) bond motifs is 1. The Balaban J connectivity index is 1.27. The van der Waals surface area contributed by atoms with E-state index in [1.807, 2.05) is 18.2 Å². The van der Waals surface area contributed by atoms with Crippen molar-refractivity contribution in [1.82, 2.24) is 25.1 Å². The summed E-state index contributed by atoms with van der Waals surface area (Å²) < 4.78 is 40.5. The van der Waals surface area contributed by atoms with Crippen LogP contribution in [0.15, 0.2) is 73.1 Å². The van der Waals surface area contributed by atoms with E-state index in [0.29, 0.717) is 36.8 Å². The number of rotatable bonds is 8. The number of amides is 1. The van der Waals surface area contributed by atoms with Crippen molar-refractivity contribution in [3.05, 3.63) is 101 Å². The lowest BCUT2D eigenvalue weighted by Crippen LogP contribution is -2.38. The van der Waals surface area contributed by atoms with Crippen LogP contribution in [0.25, 0.3) is 22.3 Å². The van der Waals surface area contributed by atoms with Crippen LogP contribution in [0.3, 0.4) is 0 Å². The first-order chi connectivity index (χ1) is 22.0. The molecule has 236 valence electrons.